The Hall–Kier alpha value is -0.440. The fourth-order valence-electron chi connectivity index (χ4n) is 4.00. The van der Waals surface area contributed by atoms with Gasteiger partial charge in [0.25, 0.3) is 0 Å². The van der Waals surface area contributed by atoms with Gasteiger partial charge in [0, 0.05) is 11.1 Å². The average Bonchev–Trinajstić information content (AvgIpc) is 2.96. The van der Waals surface area contributed by atoms with Crippen molar-refractivity contribution in [2.75, 3.05) is 0 Å². The Balaban J connectivity index is 2.44. The molecule has 0 amide bonds. The summed E-state index contributed by atoms with van der Waals surface area (Å²) in [5, 5.41) is 0. The molecule has 28 heavy (non-hydrogen) atoms. The minimum absolute atomic E-state index is 0.00544. The van der Waals surface area contributed by atoms with E-state index < -0.39 is 3.79 Å². The van der Waals surface area contributed by atoms with Crippen molar-refractivity contribution in [1.82, 2.24) is 0 Å². The number of benzene rings is 1. The van der Waals surface area contributed by atoms with Gasteiger partial charge in [0.05, 0.1) is 5.92 Å². The first-order valence-electron chi connectivity index (χ1n) is 9.80. The predicted molar refractivity (Wildman–Crippen MR) is 120 cm³/mol. The number of carbonyl (C=O) groups is 1. The summed E-state index contributed by atoms with van der Waals surface area (Å²) in [4.78, 5) is 13.2. The van der Waals surface area contributed by atoms with Crippen molar-refractivity contribution in [2.24, 2.45) is 17.3 Å². The van der Waals surface area contributed by atoms with Gasteiger partial charge in [-0.2, -0.15) is 0 Å². The molecule has 158 valence electrons. The normalized spacial score (nSPS) is 22.1. The van der Waals surface area contributed by atoms with E-state index >= 15 is 0 Å². The summed E-state index contributed by atoms with van der Waals surface area (Å²) in [6.45, 7) is 19.0. The molecule has 2 unspecified atom stereocenters. The van der Waals surface area contributed by atoms with E-state index in [0.29, 0.717) is 12.2 Å². The maximum atomic E-state index is 13.2. The first-order valence-corrected chi connectivity index (χ1v) is 10.9. The lowest BCUT2D eigenvalue weighted by molar-refractivity contribution is -0.137. The first-order chi connectivity index (χ1) is 12.4. The second kappa shape index (κ2) is 7.36. The van der Waals surface area contributed by atoms with Gasteiger partial charge in [-0.15, -0.1) is 0 Å². The summed E-state index contributed by atoms with van der Waals surface area (Å²) in [6.07, 6.45) is 0.344. The molecule has 1 aliphatic carbocycles. The van der Waals surface area contributed by atoms with E-state index in [-0.39, 0.29) is 34.1 Å². The van der Waals surface area contributed by atoms with Crippen LogP contribution in [0.5, 0.6) is 5.75 Å². The molecule has 2 nitrogen and oxygen atoms in total. The van der Waals surface area contributed by atoms with Crippen molar-refractivity contribution in [3.8, 4) is 5.75 Å². The number of ether oxygens (including phenoxy) is 1. The van der Waals surface area contributed by atoms with Crippen LogP contribution in [0.1, 0.15) is 78.5 Å². The van der Waals surface area contributed by atoms with Crippen LogP contribution in [-0.4, -0.2) is 9.76 Å². The largest absolute Gasteiger partial charge is 0.426 e. The minimum atomic E-state index is -1.37. The number of aryl methyl sites for hydroxylation is 1. The van der Waals surface area contributed by atoms with Crippen LogP contribution in [-0.2, 0) is 15.6 Å². The van der Waals surface area contributed by atoms with Crippen molar-refractivity contribution in [2.45, 2.75) is 83.4 Å². The van der Waals surface area contributed by atoms with Crippen molar-refractivity contribution in [3.05, 3.63) is 28.8 Å². The first kappa shape index (κ1) is 23.8. The maximum Gasteiger partial charge on any atom is 0.315 e. The van der Waals surface area contributed by atoms with E-state index in [0.717, 1.165) is 16.7 Å². The molecule has 0 heterocycles. The third kappa shape index (κ3) is 5.18. The lowest BCUT2D eigenvalue weighted by atomic mass is 9.78. The Labute approximate surface area is 185 Å². The highest BCUT2D eigenvalue weighted by Gasteiger charge is 2.64. The Kier molecular flexibility index (Phi) is 6.26. The third-order valence-corrected chi connectivity index (χ3v) is 6.27. The molecule has 1 saturated carbocycles. The van der Waals surface area contributed by atoms with Gasteiger partial charge < -0.3 is 4.74 Å². The molecule has 1 fully saturated rings. The zero-order valence-electron chi connectivity index (χ0n) is 18.5. The van der Waals surface area contributed by atoms with Crippen LogP contribution < -0.4 is 4.74 Å². The van der Waals surface area contributed by atoms with Gasteiger partial charge in [-0.1, -0.05) is 108 Å². The van der Waals surface area contributed by atoms with E-state index in [4.69, 9.17) is 39.5 Å². The summed E-state index contributed by atoms with van der Waals surface area (Å²) in [6, 6.07) is 4.24. The number of halogens is 3. The molecule has 0 spiro atoms. The summed E-state index contributed by atoms with van der Waals surface area (Å²) < 4.78 is 4.75. The molecule has 2 rings (SSSR count). The van der Waals surface area contributed by atoms with Crippen molar-refractivity contribution in [3.63, 3.8) is 0 Å². The smallest absolute Gasteiger partial charge is 0.315 e. The van der Waals surface area contributed by atoms with Gasteiger partial charge >= 0.3 is 5.97 Å². The maximum absolute atomic E-state index is 13.2. The zero-order chi connectivity index (χ0) is 21.9. The van der Waals surface area contributed by atoms with Gasteiger partial charge in [0.2, 0.25) is 0 Å². The number of rotatable bonds is 3. The Morgan fingerprint density at radius 3 is 1.79 bits per heavy atom. The number of hydrogen-bond donors (Lipinski definition) is 0. The molecule has 2 atom stereocenters. The standard InChI is InChI=1S/C23H33Cl3O2/c1-13-10-14(20(2,3)4)18(15(11-13)21(5,6)7)28-19(27)17-16(22(17,8)9)12-23(24,25)26/h10-11,16-17H,12H2,1-9H3. The van der Waals surface area contributed by atoms with E-state index in [2.05, 4.69) is 60.6 Å². The molecule has 0 aliphatic heterocycles. The number of esters is 1. The lowest BCUT2D eigenvalue weighted by Gasteiger charge is -2.30. The van der Waals surface area contributed by atoms with E-state index in [9.17, 15) is 4.79 Å². The topological polar surface area (TPSA) is 26.3 Å². The quantitative estimate of drug-likeness (QED) is 0.272. The van der Waals surface area contributed by atoms with Crippen molar-refractivity contribution < 1.29 is 9.53 Å². The SMILES string of the molecule is Cc1cc(C(C)(C)C)c(OC(=O)C2C(CC(Cl)(Cl)Cl)C2(C)C)c(C(C)(C)C)c1. The molecule has 1 aromatic rings. The van der Waals surface area contributed by atoms with Crippen molar-refractivity contribution in [1.29, 1.82) is 0 Å². The second-order valence-electron chi connectivity index (χ2n) is 10.8. The highest BCUT2D eigenvalue weighted by molar-refractivity contribution is 6.67. The fourth-order valence-corrected chi connectivity index (χ4v) is 4.50. The molecule has 0 aromatic heterocycles. The van der Waals surface area contributed by atoms with Gasteiger partial charge in [-0.05, 0) is 35.5 Å². The predicted octanol–water partition coefficient (Wildman–Crippen LogP) is 7.53. The number of carbonyl (C=O) groups excluding carboxylic acids is 1. The number of hydrogen-bond acceptors (Lipinski definition) is 2. The van der Waals surface area contributed by atoms with Crippen LogP contribution >= 0.6 is 34.8 Å². The van der Waals surface area contributed by atoms with E-state index in [1.807, 2.05) is 13.8 Å². The molecule has 1 aromatic carbocycles. The monoisotopic (exact) mass is 446 g/mol. The molecular formula is C23H33Cl3O2. The summed E-state index contributed by atoms with van der Waals surface area (Å²) in [5.41, 5.74) is 2.70. The Bertz CT molecular complexity index is 727. The van der Waals surface area contributed by atoms with Crippen LogP contribution in [0.3, 0.4) is 0 Å². The van der Waals surface area contributed by atoms with Crippen LogP contribution in [0.25, 0.3) is 0 Å². The highest BCUT2D eigenvalue weighted by atomic mass is 35.6. The van der Waals surface area contributed by atoms with Crippen LogP contribution in [0.15, 0.2) is 12.1 Å². The van der Waals surface area contributed by atoms with Crippen molar-refractivity contribution >= 4 is 40.8 Å². The molecule has 0 bridgehead atoms. The summed E-state index contributed by atoms with van der Waals surface area (Å²) >= 11 is 18.0. The molecule has 0 N–H and O–H groups in total. The van der Waals surface area contributed by atoms with E-state index in [1.54, 1.807) is 0 Å². The van der Waals surface area contributed by atoms with Gasteiger partial charge in [0.1, 0.15) is 5.75 Å². The van der Waals surface area contributed by atoms with Crippen LogP contribution in [0.4, 0.5) is 0 Å². The summed E-state index contributed by atoms with van der Waals surface area (Å²) in [5.74, 6) is 0.175. The van der Waals surface area contributed by atoms with Crippen LogP contribution in [0.2, 0.25) is 0 Å². The lowest BCUT2D eigenvalue weighted by Crippen LogP contribution is -2.23. The zero-order valence-corrected chi connectivity index (χ0v) is 20.7. The second-order valence-corrected chi connectivity index (χ2v) is 13.4. The minimum Gasteiger partial charge on any atom is -0.426 e. The molecule has 1 aliphatic rings. The average molecular weight is 448 g/mol. The highest BCUT2D eigenvalue weighted by Crippen LogP contribution is 2.63. The van der Waals surface area contributed by atoms with E-state index in [1.165, 1.54) is 0 Å². The molecule has 0 radical (unpaired) electrons. The Morgan fingerprint density at radius 2 is 1.43 bits per heavy atom. The fraction of sp³-hybridized carbons (Fsp3) is 0.696. The molecule has 5 heteroatoms. The third-order valence-electron chi connectivity index (χ3n) is 5.81. The van der Waals surface area contributed by atoms with Gasteiger partial charge in [0.15, 0.2) is 3.79 Å². The Morgan fingerprint density at radius 1 is 1.00 bits per heavy atom. The number of alkyl halides is 3. The van der Waals surface area contributed by atoms with Gasteiger partial charge in [-0.3, -0.25) is 4.79 Å². The molecular weight excluding hydrogens is 415 g/mol. The molecule has 0 saturated heterocycles. The summed E-state index contributed by atoms with van der Waals surface area (Å²) in [7, 11) is 0. The van der Waals surface area contributed by atoms with Crippen LogP contribution in [0, 0.1) is 24.2 Å². The van der Waals surface area contributed by atoms with Gasteiger partial charge in [-0.25, -0.2) is 0 Å².